The number of nitrogens with zero attached hydrogens (tertiary/aromatic N) is 3. The number of hydrogen-bond donors (Lipinski definition) is 0. The molecule has 1 saturated heterocycles. The molecule has 0 amide bonds. The van der Waals surface area contributed by atoms with Crippen LogP contribution >= 0.6 is 23.5 Å². The van der Waals surface area contributed by atoms with Gasteiger partial charge < -0.3 is 4.52 Å². The predicted octanol–water partition coefficient (Wildman–Crippen LogP) is 2.56. The van der Waals surface area contributed by atoms with Crippen LogP contribution in [0.3, 0.4) is 0 Å². The first-order valence-electron chi connectivity index (χ1n) is 5.76. The van der Waals surface area contributed by atoms with Crippen molar-refractivity contribution in [2.75, 3.05) is 23.3 Å². The van der Waals surface area contributed by atoms with Crippen molar-refractivity contribution in [2.24, 2.45) is 0 Å². The molecule has 0 aliphatic carbocycles. The number of rotatable bonds is 2. The van der Waals surface area contributed by atoms with E-state index in [1.54, 1.807) is 0 Å². The summed E-state index contributed by atoms with van der Waals surface area (Å²) in [6.45, 7) is 7.06. The van der Waals surface area contributed by atoms with Crippen LogP contribution in [0.5, 0.6) is 0 Å². The van der Waals surface area contributed by atoms with Gasteiger partial charge in [-0.1, -0.05) is 25.9 Å². The van der Waals surface area contributed by atoms with Gasteiger partial charge in [0.15, 0.2) is 5.82 Å². The summed E-state index contributed by atoms with van der Waals surface area (Å²) in [5.41, 5.74) is -0.0377. The molecule has 0 unspecified atom stereocenters. The Balaban J connectivity index is 1.96. The third kappa shape index (κ3) is 3.89. The summed E-state index contributed by atoms with van der Waals surface area (Å²) < 4.78 is 5.31. The number of aromatic nitrogens is 2. The lowest BCUT2D eigenvalue weighted by Crippen LogP contribution is -2.21. The second-order valence-electron chi connectivity index (χ2n) is 5.17. The normalized spacial score (nSPS) is 19.2. The zero-order valence-electron chi connectivity index (χ0n) is 10.6. The molecule has 1 aromatic heterocycles. The zero-order chi connectivity index (χ0) is 12.3. The van der Waals surface area contributed by atoms with Crippen LogP contribution in [0.25, 0.3) is 0 Å². The second kappa shape index (κ2) is 5.63. The van der Waals surface area contributed by atoms with Crippen molar-refractivity contribution in [3.8, 4) is 0 Å². The van der Waals surface area contributed by atoms with Gasteiger partial charge in [-0.3, -0.25) is 4.90 Å². The van der Waals surface area contributed by atoms with E-state index in [4.69, 9.17) is 4.52 Å². The molecule has 6 heteroatoms. The van der Waals surface area contributed by atoms with Gasteiger partial charge in [-0.25, -0.2) is 0 Å². The summed E-state index contributed by atoms with van der Waals surface area (Å²) in [7, 11) is 0. The van der Waals surface area contributed by atoms with E-state index in [0.717, 1.165) is 30.0 Å². The van der Waals surface area contributed by atoms with Crippen LogP contribution in [0.4, 0.5) is 0 Å². The fourth-order valence-electron chi connectivity index (χ4n) is 1.45. The Labute approximate surface area is 111 Å². The fourth-order valence-corrected chi connectivity index (χ4v) is 3.65. The molecule has 2 heterocycles. The smallest absolute Gasteiger partial charge is 0.240 e. The van der Waals surface area contributed by atoms with Crippen molar-refractivity contribution in [1.82, 2.24) is 15.0 Å². The highest BCUT2D eigenvalue weighted by Crippen LogP contribution is 2.21. The summed E-state index contributed by atoms with van der Waals surface area (Å²) in [6.07, 6.45) is 0. The molecule has 0 saturated carbocycles. The molecule has 0 spiro atoms. The summed E-state index contributed by atoms with van der Waals surface area (Å²) in [5, 5.41) is 4.05. The van der Waals surface area contributed by atoms with Gasteiger partial charge in [-0.15, -0.1) is 23.5 Å². The predicted molar refractivity (Wildman–Crippen MR) is 73.2 cm³/mol. The first-order chi connectivity index (χ1) is 8.05. The number of thioether (sulfide) groups is 2. The zero-order valence-corrected chi connectivity index (χ0v) is 12.2. The molecule has 0 bridgehead atoms. The van der Waals surface area contributed by atoms with Crippen LogP contribution in [-0.4, -0.2) is 38.3 Å². The Kier molecular flexibility index (Phi) is 4.38. The molecule has 1 aliphatic rings. The summed E-state index contributed by atoms with van der Waals surface area (Å²) in [4.78, 5) is 6.82. The summed E-state index contributed by atoms with van der Waals surface area (Å²) in [6, 6.07) is 0. The molecule has 1 fully saturated rings. The standard InChI is InChI=1S/C11H19N3OS2/c1-11(2,3)10-12-9(15-13-10)6-14-7-16-4-5-17-8-14/h4-8H2,1-3H3. The van der Waals surface area contributed by atoms with Gasteiger partial charge in [0, 0.05) is 28.7 Å². The molecule has 0 radical (unpaired) electrons. The second-order valence-corrected chi connectivity index (χ2v) is 7.31. The van der Waals surface area contributed by atoms with Gasteiger partial charge in [0.1, 0.15) is 0 Å². The maximum atomic E-state index is 5.31. The molecule has 17 heavy (non-hydrogen) atoms. The molecule has 1 aromatic rings. The Hall–Kier alpha value is -0.200. The van der Waals surface area contributed by atoms with Gasteiger partial charge >= 0.3 is 0 Å². The number of hydrogen-bond acceptors (Lipinski definition) is 6. The molecular formula is C11H19N3OS2. The van der Waals surface area contributed by atoms with Gasteiger partial charge in [0.05, 0.1) is 6.54 Å². The maximum absolute atomic E-state index is 5.31. The summed E-state index contributed by atoms with van der Waals surface area (Å²) >= 11 is 3.94. The third-order valence-corrected chi connectivity index (χ3v) is 4.76. The minimum absolute atomic E-state index is 0.0377. The lowest BCUT2D eigenvalue weighted by Gasteiger charge is -2.15. The third-order valence-electron chi connectivity index (χ3n) is 2.42. The van der Waals surface area contributed by atoms with E-state index in [-0.39, 0.29) is 5.41 Å². The van der Waals surface area contributed by atoms with Crippen LogP contribution in [0, 0.1) is 0 Å². The van der Waals surface area contributed by atoms with Crippen LogP contribution in [-0.2, 0) is 12.0 Å². The van der Waals surface area contributed by atoms with Crippen LogP contribution < -0.4 is 0 Å². The van der Waals surface area contributed by atoms with E-state index >= 15 is 0 Å². The van der Waals surface area contributed by atoms with Crippen molar-refractivity contribution >= 4 is 23.5 Å². The van der Waals surface area contributed by atoms with E-state index in [2.05, 4.69) is 35.8 Å². The van der Waals surface area contributed by atoms with E-state index in [1.807, 2.05) is 23.5 Å². The van der Waals surface area contributed by atoms with Gasteiger partial charge in [0.2, 0.25) is 5.89 Å². The Morgan fingerprint density at radius 1 is 1.24 bits per heavy atom. The average Bonchev–Trinajstić information content (AvgIpc) is 2.56. The topological polar surface area (TPSA) is 42.2 Å². The van der Waals surface area contributed by atoms with E-state index in [1.165, 1.54) is 11.5 Å². The minimum Gasteiger partial charge on any atom is -0.338 e. The molecule has 4 nitrogen and oxygen atoms in total. The van der Waals surface area contributed by atoms with Crippen molar-refractivity contribution in [2.45, 2.75) is 32.7 Å². The first-order valence-corrected chi connectivity index (χ1v) is 8.07. The molecule has 0 aromatic carbocycles. The van der Waals surface area contributed by atoms with Crippen molar-refractivity contribution in [3.63, 3.8) is 0 Å². The van der Waals surface area contributed by atoms with E-state index < -0.39 is 0 Å². The van der Waals surface area contributed by atoms with Gasteiger partial charge in [0.25, 0.3) is 0 Å². The highest BCUT2D eigenvalue weighted by atomic mass is 32.2. The molecule has 1 aliphatic heterocycles. The first kappa shape index (κ1) is 13.2. The highest BCUT2D eigenvalue weighted by Gasteiger charge is 2.22. The van der Waals surface area contributed by atoms with Crippen LogP contribution in [0.15, 0.2) is 4.52 Å². The lowest BCUT2D eigenvalue weighted by atomic mass is 9.96. The summed E-state index contributed by atoms with van der Waals surface area (Å²) in [5.74, 6) is 6.11. The minimum atomic E-state index is -0.0377. The van der Waals surface area contributed by atoms with E-state index in [9.17, 15) is 0 Å². The fraction of sp³-hybridized carbons (Fsp3) is 0.818. The Bertz CT molecular complexity index is 354. The lowest BCUT2D eigenvalue weighted by molar-refractivity contribution is 0.286. The Morgan fingerprint density at radius 2 is 1.88 bits per heavy atom. The van der Waals surface area contributed by atoms with Gasteiger partial charge in [-0.05, 0) is 0 Å². The van der Waals surface area contributed by atoms with Crippen molar-refractivity contribution in [3.05, 3.63) is 11.7 Å². The molecule has 96 valence electrons. The Morgan fingerprint density at radius 3 is 2.41 bits per heavy atom. The molecule has 0 N–H and O–H groups in total. The monoisotopic (exact) mass is 273 g/mol. The molecule has 2 rings (SSSR count). The molecule has 0 atom stereocenters. The largest absolute Gasteiger partial charge is 0.338 e. The maximum Gasteiger partial charge on any atom is 0.240 e. The van der Waals surface area contributed by atoms with Crippen LogP contribution in [0.1, 0.15) is 32.5 Å². The van der Waals surface area contributed by atoms with Gasteiger partial charge in [-0.2, -0.15) is 4.98 Å². The average molecular weight is 273 g/mol. The van der Waals surface area contributed by atoms with Crippen molar-refractivity contribution in [1.29, 1.82) is 0 Å². The van der Waals surface area contributed by atoms with Crippen molar-refractivity contribution < 1.29 is 4.52 Å². The molecular weight excluding hydrogens is 254 g/mol. The highest BCUT2D eigenvalue weighted by molar-refractivity contribution is 8.03. The SMILES string of the molecule is CC(C)(C)c1noc(CN2CSCCSC2)n1. The van der Waals surface area contributed by atoms with E-state index in [0.29, 0.717) is 0 Å². The van der Waals surface area contributed by atoms with Crippen LogP contribution in [0.2, 0.25) is 0 Å². The quantitative estimate of drug-likeness (QED) is 0.825.